The van der Waals surface area contributed by atoms with E-state index in [0.29, 0.717) is 29.0 Å². The molecule has 0 unspecified atom stereocenters. The van der Waals surface area contributed by atoms with Crippen LogP contribution in [-0.2, 0) is 17.8 Å². The van der Waals surface area contributed by atoms with Crippen molar-refractivity contribution in [2.24, 2.45) is 0 Å². The number of furan rings is 1. The SMILES string of the molecule is COC(=O)c1cc(Br)cc2cc(CN3Cc4cccn5ncc(c45)C3=O)oc12. The molecule has 0 atom stereocenters. The highest BCUT2D eigenvalue weighted by Crippen LogP contribution is 2.31. The third kappa shape index (κ3) is 2.52. The molecule has 1 amide bonds. The van der Waals surface area contributed by atoms with Crippen LogP contribution in [0.25, 0.3) is 16.5 Å². The van der Waals surface area contributed by atoms with Crippen molar-refractivity contribution < 1.29 is 18.7 Å². The van der Waals surface area contributed by atoms with Crippen LogP contribution in [0.3, 0.4) is 0 Å². The van der Waals surface area contributed by atoms with Gasteiger partial charge in [0, 0.05) is 22.6 Å². The lowest BCUT2D eigenvalue weighted by Gasteiger charge is -2.25. The predicted molar refractivity (Wildman–Crippen MR) is 104 cm³/mol. The van der Waals surface area contributed by atoms with Gasteiger partial charge in [-0.15, -0.1) is 0 Å². The number of pyridine rings is 1. The quantitative estimate of drug-likeness (QED) is 0.453. The van der Waals surface area contributed by atoms with Crippen LogP contribution in [0.15, 0.2) is 51.6 Å². The zero-order valence-electron chi connectivity index (χ0n) is 14.8. The summed E-state index contributed by atoms with van der Waals surface area (Å²) in [5.74, 6) is 0.0235. The predicted octanol–water partition coefficient (Wildman–Crippen LogP) is 3.79. The van der Waals surface area contributed by atoms with Gasteiger partial charge in [-0.3, -0.25) is 4.79 Å². The molecule has 4 aromatic rings. The van der Waals surface area contributed by atoms with Gasteiger partial charge in [-0.05, 0) is 29.8 Å². The first kappa shape index (κ1) is 17.0. The molecule has 0 N–H and O–H groups in total. The van der Waals surface area contributed by atoms with Gasteiger partial charge in [-0.2, -0.15) is 5.10 Å². The van der Waals surface area contributed by atoms with Gasteiger partial charge in [0.1, 0.15) is 16.9 Å². The number of aromatic nitrogens is 2. The molecule has 4 heterocycles. The van der Waals surface area contributed by atoms with Crippen molar-refractivity contribution in [2.75, 3.05) is 7.11 Å². The van der Waals surface area contributed by atoms with Crippen molar-refractivity contribution >= 4 is 44.3 Å². The van der Waals surface area contributed by atoms with Crippen molar-refractivity contribution in [3.05, 3.63) is 69.6 Å². The molecule has 140 valence electrons. The number of hydrogen-bond acceptors (Lipinski definition) is 5. The summed E-state index contributed by atoms with van der Waals surface area (Å²) in [6, 6.07) is 9.27. The third-order valence-corrected chi connectivity index (χ3v) is 5.35. The molecule has 8 heteroatoms. The minimum Gasteiger partial charge on any atom is -0.465 e. The van der Waals surface area contributed by atoms with Gasteiger partial charge < -0.3 is 14.1 Å². The van der Waals surface area contributed by atoms with E-state index in [1.165, 1.54) is 7.11 Å². The molecule has 1 aliphatic rings. The maximum absolute atomic E-state index is 12.9. The van der Waals surface area contributed by atoms with Crippen LogP contribution in [0.1, 0.15) is 32.0 Å². The number of rotatable bonds is 3. The Bertz CT molecular complexity index is 1270. The summed E-state index contributed by atoms with van der Waals surface area (Å²) in [6.07, 6.45) is 3.43. The number of fused-ring (bicyclic) bond motifs is 1. The number of esters is 1. The average Bonchev–Trinajstić information content (AvgIpc) is 3.29. The van der Waals surface area contributed by atoms with Gasteiger partial charge in [0.15, 0.2) is 0 Å². The fourth-order valence-corrected chi connectivity index (χ4v) is 4.15. The number of halogens is 1. The van der Waals surface area contributed by atoms with Crippen molar-refractivity contribution in [1.82, 2.24) is 14.5 Å². The summed E-state index contributed by atoms with van der Waals surface area (Å²) in [5.41, 5.74) is 3.25. The standard InChI is InChI=1S/C20H14BrN3O4/c1-27-20(26)15-7-13(21)5-12-6-14(28-18(12)15)10-23-9-11-3-2-4-24-17(11)16(8-22-24)19(23)25/h2-8H,9-10H2,1H3. The molecular weight excluding hydrogens is 426 g/mol. The number of nitrogens with zero attached hydrogens (tertiary/aromatic N) is 3. The first-order chi connectivity index (χ1) is 13.5. The van der Waals surface area contributed by atoms with E-state index in [1.54, 1.807) is 21.7 Å². The van der Waals surface area contributed by atoms with Gasteiger partial charge in [0.25, 0.3) is 5.91 Å². The Morgan fingerprint density at radius 2 is 2.21 bits per heavy atom. The number of carbonyl (C=O) groups excluding carboxylic acids is 2. The smallest absolute Gasteiger partial charge is 0.341 e. The van der Waals surface area contributed by atoms with Gasteiger partial charge in [0.05, 0.1) is 30.9 Å². The number of carbonyl (C=O) groups is 2. The van der Waals surface area contributed by atoms with Crippen LogP contribution < -0.4 is 0 Å². The lowest BCUT2D eigenvalue weighted by molar-refractivity contribution is 0.0600. The van der Waals surface area contributed by atoms with E-state index in [0.717, 1.165) is 20.9 Å². The third-order valence-electron chi connectivity index (χ3n) is 4.89. The van der Waals surface area contributed by atoms with Crippen LogP contribution in [0.2, 0.25) is 0 Å². The second-order valence-corrected chi connectivity index (χ2v) is 7.54. The fourth-order valence-electron chi connectivity index (χ4n) is 3.67. The Balaban J connectivity index is 1.52. The summed E-state index contributed by atoms with van der Waals surface area (Å²) < 4.78 is 13.3. The van der Waals surface area contributed by atoms with E-state index in [4.69, 9.17) is 9.15 Å². The Kier molecular flexibility index (Phi) is 3.77. The second-order valence-electron chi connectivity index (χ2n) is 6.62. The first-order valence-electron chi connectivity index (χ1n) is 8.60. The molecule has 28 heavy (non-hydrogen) atoms. The van der Waals surface area contributed by atoms with Crippen molar-refractivity contribution in [3.8, 4) is 0 Å². The lowest BCUT2D eigenvalue weighted by atomic mass is 10.1. The largest absolute Gasteiger partial charge is 0.465 e. The molecule has 0 saturated carbocycles. The molecule has 0 aliphatic carbocycles. The first-order valence-corrected chi connectivity index (χ1v) is 9.39. The van der Waals surface area contributed by atoms with Gasteiger partial charge >= 0.3 is 5.97 Å². The Morgan fingerprint density at radius 3 is 3.04 bits per heavy atom. The maximum atomic E-state index is 12.9. The summed E-state index contributed by atoms with van der Waals surface area (Å²) >= 11 is 3.40. The number of ether oxygens (including phenoxy) is 1. The molecule has 1 aromatic carbocycles. The molecule has 0 radical (unpaired) electrons. The van der Waals surface area contributed by atoms with Crippen LogP contribution in [-0.4, -0.2) is 33.5 Å². The molecular formula is C20H14BrN3O4. The Morgan fingerprint density at radius 1 is 1.36 bits per heavy atom. The van der Waals surface area contributed by atoms with Crippen LogP contribution >= 0.6 is 15.9 Å². The van der Waals surface area contributed by atoms with Gasteiger partial charge in [0.2, 0.25) is 0 Å². The molecule has 1 aliphatic heterocycles. The minimum atomic E-state index is -0.475. The topological polar surface area (TPSA) is 77.1 Å². The highest BCUT2D eigenvalue weighted by molar-refractivity contribution is 9.10. The van der Waals surface area contributed by atoms with Crippen molar-refractivity contribution in [1.29, 1.82) is 0 Å². The Labute approximate surface area is 167 Å². The average molecular weight is 440 g/mol. The number of methoxy groups -OCH3 is 1. The van der Waals surface area contributed by atoms with E-state index in [2.05, 4.69) is 21.0 Å². The number of amides is 1. The van der Waals surface area contributed by atoms with Crippen LogP contribution in [0, 0.1) is 0 Å². The highest BCUT2D eigenvalue weighted by Gasteiger charge is 2.28. The number of benzene rings is 1. The van der Waals surface area contributed by atoms with Gasteiger partial charge in [-0.25, -0.2) is 9.31 Å². The van der Waals surface area contributed by atoms with E-state index >= 15 is 0 Å². The summed E-state index contributed by atoms with van der Waals surface area (Å²) in [5, 5.41) is 5.02. The van der Waals surface area contributed by atoms with E-state index in [-0.39, 0.29) is 12.5 Å². The summed E-state index contributed by atoms with van der Waals surface area (Å²) in [4.78, 5) is 26.7. The van der Waals surface area contributed by atoms with Crippen molar-refractivity contribution in [2.45, 2.75) is 13.1 Å². The zero-order valence-corrected chi connectivity index (χ0v) is 16.4. The molecule has 3 aromatic heterocycles. The van der Waals surface area contributed by atoms with E-state index in [1.807, 2.05) is 30.5 Å². The van der Waals surface area contributed by atoms with Crippen molar-refractivity contribution in [3.63, 3.8) is 0 Å². The summed E-state index contributed by atoms with van der Waals surface area (Å²) in [6.45, 7) is 0.754. The van der Waals surface area contributed by atoms with Crippen LogP contribution in [0.4, 0.5) is 0 Å². The summed E-state index contributed by atoms with van der Waals surface area (Å²) in [7, 11) is 1.33. The normalized spacial score (nSPS) is 13.5. The lowest BCUT2D eigenvalue weighted by Crippen LogP contribution is -2.33. The second kappa shape index (κ2) is 6.20. The molecule has 0 spiro atoms. The van der Waals surface area contributed by atoms with E-state index < -0.39 is 5.97 Å². The molecule has 7 nitrogen and oxygen atoms in total. The monoisotopic (exact) mass is 439 g/mol. The van der Waals surface area contributed by atoms with E-state index in [9.17, 15) is 9.59 Å². The zero-order chi connectivity index (χ0) is 19.4. The molecule has 5 rings (SSSR count). The molecule has 0 bridgehead atoms. The van der Waals surface area contributed by atoms with Gasteiger partial charge in [-0.1, -0.05) is 22.0 Å². The Hall–Kier alpha value is -3.13. The maximum Gasteiger partial charge on any atom is 0.341 e. The molecule has 0 saturated heterocycles. The molecule has 0 fully saturated rings. The number of hydrogen-bond donors (Lipinski definition) is 0. The van der Waals surface area contributed by atoms with Crippen LogP contribution in [0.5, 0.6) is 0 Å². The minimum absolute atomic E-state index is 0.0940. The highest BCUT2D eigenvalue weighted by atomic mass is 79.9. The fraction of sp³-hybridized carbons (Fsp3) is 0.150.